The molecular formula is C53H33N3Si. The summed E-state index contributed by atoms with van der Waals surface area (Å²) in [5.74, 6) is 0. The van der Waals surface area contributed by atoms with E-state index in [1.54, 1.807) is 0 Å². The summed E-state index contributed by atoms with van der Waals surface area (Å²) < 4.78 is 4.84. The molecule has 0 N–H and O–H groups in total. The van der Waals surface area contributed by atoms with E-state index in [0.29, 0.717) is 5.56 Å². The maximum Gasteiger partial charge on any atom is 0.179 e. The van der Waals surface area contributed by atoms with Crippen molar-refractivity contribution in [1.82, 2.24) is 9.13 Å². The van der Waals surface area contributed by atoms with Crippen molar-refractivity contribution >= 4 is 94.0 Å². The largest absolute Gasteiger partial charge is 0.309 e. The average molecular weight is 740 g/mol. The second-order valence-corrected chi connectivity index (χ2v) is 19.0. The van der Waals surface area contributed by atoms with Crippen LogP contribution in [0, 0.1) is 11.3 Å². The molecule has 2 heterocycles. The minimum atomic E-state index is -2.93. The Morgan fingerprint density at radius 1 is 0.316 bits per heavy atom. The third kappa shape index (κ3) is 4.40. The first-order valence-corrected chi connectivity index (χ1v) is 21.5. The van der Waals surface area contributed by atoms with E-state index >= 15 is 0 Å². The quantitative estimate of drug-likeness (QED) is 0.0950. The Labute approximate surface area is 330 Å². The summed E-state index contributed by atoms with van der Waals surface area (Å²) in [6.07, 6.45) is 0. The van der Waals surface area contributed by atoms with E-state index < -0.39 is 8.07 Å². The molecule has 3 nitrogen and oxygen atoms in total. The van der Waals surface area contributed by atoms with Gasteiger partial charge in [-0.05, 0) is 103 Å². The molecule has 0 aliphatic carbocycles. The molecule has 0 spiro atoms. The number of benzene rings is 10. The number of aromatic nitrogens is 2. The SMILES string of the molecule is N#Cc1ccc([Si](c2ccccc2)(c2ccc(-n3c4cccc5ccc6cccc3c6c54)cc2)c2ccc(-n3c4cccc5ccc6cccc3c6c54)cc2)cc1. The lowest BCUT2D eigenvalue weighted by atomic mass is 10.0. The molecule has 57 heavy (non-hydrogen) atoms. The van der Waals surface area contributed by atoms with Gasteiger partial charge in [0.15, 0.2) is 8.07 Å². The Kier molecular flexibility index (Phi) is 6.72. The van der Waals surface area contributed by atoms with Gasteiger partial charge in [0, 0.05) is 32.9 Å². The van der Waals surface area contributed by atoms with Gasteiger partial charge in [0.2, 0.25) is 0 Å². The Bertz CT molecular complexity index is 3180. The van der Waals surface area contributed by atoms with E-state index in [1.807, 2.05) is 12.1 Å². The molecule has 2 aromatic heterocycles. The first-order chi connectivity index (χ1) is 28.2. The van der Waals surface area contributed by atoms with Crippen molar-refractivity contribution in [1.29, 1.82) is 5.26 Å². The fourth-order valence-corrected chi connectivity index (χ4v) is 14.7. The summed E-state index contributed by atoms with van der Waals surface area (Å²) in [6.45, 7) is 0. The van der Waals surface area contributed by atoms with Crippen molar-refractivity contribution in [3.63, 3.8) is 0 Å². The maximum atomic E-state index is 9.85. The van der Waals surface area contributed by atoms with Crippen LogP contribution in [0.2, 0.25) is 0 Å². The van der Waals surface area contributed by atoms with Crippen LogP contribution in [0.3, 0.4) is 0 Å². The highest BCUT2D eigenvalue weighted by atomic mass is 28.3. The van der Waals surface area contributed by atoms with E-state index in [4.69, 9.17) is 0 Å². The number of hydrogen-bond donors (Lipinski definition) is 0. The predicted molar refractivity (Wildman–Crippen MR) is 241 cm³/mol. The molecule has 0 atom stereocenters. The van der Waals surface area contributed by atoms with Crippen molar-refractivity contribution < 1.29 is 0 Å². The summed E-state index contributed by atoms with van der Waals surface area (Å²) >= 11 is 0. The van der Waals surface area contributed by atoms with E-state index in [1.165, 1.54) is 85.9 Å². The van der Waals surface area contributed by atoms with Gasteiger partial charge in [-0.25, -0.2) is 0 Å². The van der Waals surface area contributed by atoms with Gasteiger partial charge in [-0.3, -0.25) is 0 Å². The second kappa shape index (κ2) is 12.0. The molecule has 0 saturated carbocycles. The number of hydrogen-bond acceptors (Lipinski definition) is 1. The fraction of sp³-hybridized carbons (Fsp3) is 0. The Morgan fingerprint density at radius 3 is 1.00 bits per heavy atom. The molecule has 0 aliphatic rings. The van der Waals surface area contributed by atoms with Gasteiger partial charge in [0.1, 0.15) is 0 Å². The first-order valence-electron chi connectivity index (χ1n) is 19.5. The van der Waals surface area contributed by atoms with Gasteiger partial charge in [-0.15, -0.1) is 0 Å². The lowest BCUT2D eigenvalue weighted by Gasteiger charge is -2.34. The number of nitriles is 1. The van der Waals surface area contributed by atoms with Gasteiger partial charge < -0.3 is 9.13 Å². The van der Waals surface area contributed by atoms with Crippen LogP contribution in [-0.4, -0.2) is 17.2 Å². The van der Waals surface area contributed by atoms with Gasteiger partial charge >= 0.3 is 0 Å². The van der Waals surface area contributed by atoms with Crippen LogP contribution in [0.1, 0.15) is 5.56 Å². The summed E-state index contributed by atoms with van der Waals surface area (Å²) in [6, 6.07) is 75.9. The third-order valence-corrected chi connectivity index (χ3v) is 17.2. The van der Waals surface area contributed by atoms with Crippen LogP contribution in [0.25, 0.3) is 76.5 Å². The normalized spacial score (nSPS) is 12.2. The molecule has 0 aliphatic heterocycles. The van der Waals surface area contributed by atoms with Crippen molar-refractivity contribution in [3.05, 3.63) is 206 Å². The Balaban J connectivity index is 1.08. The first kappa shape index (κ1) is 31.9. The van der Waals surface area contributed by atoms with Crippen LogP contribution < -0.4 is 20.7 Å². The maximum absolute atomic E-state index is 9.85. The highest BCUT2D eigenvalue weighted by Crippen LogP contribution is 2.40. The lowest BCUT2D eigenvalue weighted by molar-refractivity contribution is 1.18. The van der Waals surface area contributed by atoms with Crippen molar-refractivity contribution in [2.75, 3.05) is 0 Å². The minimum absolute atomic E-state index is 0.661. The molecule has 4 heteroatoms. The van der Waals surface area contributed by atoms with Crippen molar-refractivity contribution in [2.45, 2.75) is 0 Å². The molecule has 0 amide bonds. The molecule has 264 valence electrons. The smallest absolute Gasteiger partial charge is 0.179 e. The highest BCUT2D eigenvalue weighted by molar-refractivity contribution is 7.19. The zero-order valence-corrected chi connectivity index (χ0v) is 31.9. The molecule has 10 aromatic carbocycles. The molecule has 12 rings (SSSR count). The van der Waals surface area contributed by atoms with E-state index in [0.717, 1.165) is 11.4 Å². The van der Waals surface area contributed by atoms with Gasteiger partial charge in [0.05, 0.1) is 33.7 Å². The van der Waals surface area contributed by atoms with Crippen LogP contribution in [0.5, 0.6) is 0 Å². The fourth-order valence-electron chi connectivity index (χ4n) is 10.00. The second-order valence-electron chi connectivity index (χ2n) is 15.2. The zero-order chi connectivity index (χ0) is 37.7. The van der Waals surface area contributed by atoms with Crippen LogP contribution in [0.4, 0.5) is 0 Å². The van der Waals surface area contributed by atoms with Gasteiger partial charge in [-0.1, -0.05) is 140 Å². The van der Waals surface area contributed by atoms with Gasteiger partial charge in [0.25, 0.3) is 0 Å². The molecule has 0 bridgehead atoms. The van der Waals surface area contributed by atoms with E-state index in [2.05, 4.69) is 203 Å². The zero-order valence-electron chi connectivity index (χ0n) is 30.9. The molecule has 12 aromatic rings. The van der Waals surface area contributed by atoms with Crippen LogP contribution in [-0.2, 0) is 0 Å². The summed E-state index contributed by atoms with van der Waals surface area (Å²) in [7, 11) is -2.93. The minimum Gasteiger partial charge on any atom is -0.309 e. The summed E-state index contributed by atoms with van der Waals surface area (Å²) in [5, 5.41) is 25.2. The molecule has 0 unspecified atom stereocenters. The topological polar surface area (TPSA) is 33.6 Å². The summed E-state index contributed by atoms with van der Waals surface area (Å²) in [5.41, 5.74) is 7.81. The number of nitrogens with zero attached hydrogens (tertiary/aromatic N) is 3. The number of rotatable bonds is 6. The highest BCUT2D eigenvalue weighted by Gasteiger charge is 2.41. The molecule has 0 saturated heterocycles. The molecule has 0 radical (unpaired) electrons. The lowest BCUT2D eigenvalue weighted by Crippen LogP contribution is -2.74. The summed E-state index contributed by atoms with van der Waals surface area (Å²) in [4.78, 5) is 0. The standard InChI is InChI=1S/C53H33N3Si/c54-34-35-18-28-43(29-19-35)57(42-12-2-1-3-13-42,44-30-24-40(25-31-44)55-46-14-4-8-36-20-21-37-9-5-15-47(55)51(37)50(36)46)45-32-26-41(27-33-45)56-48-16-6-10-38-22-23-39-11-7-17-49(56)53(39)52(38)48/h1-33H. The Morgan fingerprint density at radius 2 is 0.649 bits per heavy atom. The van der Waals surface area contributed by atoms with Crippen molar-refractivity contribution in [2.24, 2.45) is 0 Å². The monoisotopic (exact) mass is 739 g/mol. The molecule has 0 fully saturated rings. The van der Waals surface area contributed by atoms with Crippen LogP contribution in [0.15, 0.2) is 200 Å². The van der Waals surface area contributed by atoms with Crippen molar-refractivity contribution in [3.8, 4) is 17.4 Å². The third-order valence-electron chi connectivity index (χ3n) is 12.4. The van der Waals surface area contributed by atoms with E-state index in [9.17, 15) is 5.26 Å². The average Bonchev–Trinajstić information content (AvgIpc) is 3.81. The van der Waals surface area contributed by atoms with E-state index in [-0.39, 0.29) is 0 Å². The Hall–Kier alpha value is -7.45. The van der Waals surface area contributed by atoms with Crippen LogP contribution >= 0.6 is 0 Å². The predicted octanol–water partition coefficient (Wildman–Crippen LogP) is 10.3. The van der Waals surface area contributed by atoms with Gasteiger partial charge in [-0.2, -0.15) is 5.26 Å². The molecular weight excluding hydrogens is 707 g/mol.